The highest BCUT2D eigenvalue weighted by Crippen LogP contribution is 2.24. The Kier molecular flexibility index (Phi) is 4.05. The molecule has 1 atom stereocenters. The molecule has 0 aliphatic carbocycles. The minimum absolute atomic E-state index is 0.0406. The first kappa shape index (κ1) is 15.3. The fraction of sp³-hybridized carbons (Fsp3) is 0.625. The van der Waals surface area contributed by atoms with Crippen LogP contribution >= 0.6 is 0 Å². The molecule has 0 spiro atoms. The van der Waals surface area contributed by atoms with Crippen molar-refractivity contribution < 1.29 is 14.3 Å². The smallest absolute Gasteiger partial charge is 0.410 e. The average molecular weight is 331 g/mol. The van der Waals surface area contributed by atoms with Gasteiger partial charge in [0, 0.05) is 51.2 Å². The molecule has 4 heterocycles. The fourth-order valence-corrected chi connectivity index (χ4v) is 3.85. The van der Waals surface area contributed by atoms with E-state index in [2.05, 4.69) is 14.9 Å². The quantitative estimate of drug-likeness (QED) is 0.771. The number of carbonyl (C=O) groups is 2. The minimum atomic E-state index is -0.177. The van der Waals surface area contributed by atoms with Crippen LogP contribution in [0.2, 0.25) is 0 Å². The first-order valence-electron chi connectivity index (χ1n) is 8.45. The maximum Gasteiger partial charge on any atom is 0.410 e. The maximum absolute atomic E-state index is 12.4. The number of nitrogens with zero attached hydrogens (tertiary/aromatic N) is 5. The van der Waals surface area contributed by atoms with E-state index >= 15 is 0 Å². The number of hydrogen-bond acceptors (Lipinski definition) is 6. The largest absolute Gasteiger partial charge is 0.447 e. The van der Waals surface area contributed by atoms with Crippen molar-refractivity contribution >= 4 is 12.0 Å². The summed E-state index contributed by atoms with van der Waals surface area (Å²) in [4.78, 5) is 38.2. The zero-order chi connectivity index (χ0) is 16.5. The van der Waals surface area contributed by atoms with E-state index < -0.39 is 0 Å². The van der Waals surface area contributed by atoms with E-state index in [4.69, 9.17) is 4.74 Å². The van der Waals surface area contributed by atoms with E-state index in [1.165, 1.54) is 6.20 Å². The van der Waals surface area contributed by atoms with Gasteiger partial charge < -0.3 is 9.64 Å². The Labute approximate surface area is 140 Å². The van der Waals surface area contributed by atoms with Crippen LogP contribution < -0.4 is 0 Å². The zero-order valence-electron chi connectivity index (χ0n) is 13.5. The first-order chi connectivity index (χ1) is 11.7. The van der Waals surface area contributed by atoms with Crippen LogP contribution in [0.25, 0.3) is 0 Å². The van der Waals surface area contributed by atoms with Gasteiger partial charge in [0.25, 0.3) is 5.91 Å². The van der Waals surface area contributed by atoms with E-state index in [0.717, 1.165) is 45.6 Å². The molecular weight excluding hydrogens is 310 g/mol. The van der Waals surface area contributed by atoms with Crippen LogP contribution in [0, 0.1) is 0 Å². The Morgan fingerprint density at radius 1 is 1.12 bits per heavy atom. The lowest BCUT2D eigenvalue weighted by Gasteiger charge is -2.43. The molecule has 128 valence electrons. The Morgan fingerprint density at radius 2 is 1.96 bits per heavy atom. The fourth-order valence-electron chi connectivity index (χ4n) is 3.85. The SMILES string of the molecule is O=C(c1cnccn1)N1CCC(N2CCN3C(=O)OC[C@@H]3C2)CC1. The van der Waals surface area contributed by atoms with Crippen molar-refractivity contribution in [2.75, 3.05) is 39.3 Å². The first-order valence-corrected chi connectivity index (χ1v) is 8.45. The molecule has 24 heavy (non-hydrogen) atoms. The van der Waals surface area contributed by atoms with Gasteiger partial charge in [-0.2, -0.15) is 0 Å². The molecule has 3 saturated heterocycles. The van der Waals surface area contributed by atoms with Gasteiger partial charge in [0.15, 0.2) is 0 Å². The van der Waals surface area contributed by atoms with Gasteiger partial charge in [0.1, 0.15) is 12.3 Å². The van der Waals surface area contributed by atoms with Gasteiger partial charge in [-0.25, -0.2) is 9.78 Å². The number of amides is 2. The Balaban J connectivity index is 1.32. The van der Waals surface area contributed by atoms with Crippen molar-refractivity contribution in [3.63, 3.8) is 0 Å². The molecule has 0 N–H and O–H groups in total. The van der Waals surface area contributed by atoms with Gasteiger partial charge in [0.2, 0.25) is 0 Å². The molecule has 0 radical (unpaired) electrons. The van der Waals surface area contributed by atoms with Crippen molar-refractivity contribution in [3.05, 3.63) is 24.3 Å². The molecular formula is C16H21N5O3. The summed E-state index contributed by atoms with van der Waals surface area (Å²) in [5, 5.41) is 0. The number of cyclic esters (lactones) is 1. The van der Waals surface area contributed by atoms with Crippen LogP contribution in [0.15, 0.2) is 18.6 Å². The molecule has 3 fully saturated rings. The summed E-state index contributed by atoms with van der Waals surface area (Å²) in [6.07, 6.45) is 6.36. The van der Waals surface area contributed by atoms with Crippen molar-refractivity contribution in [2.24, 2.45) is 0 Å². The molecule has 0 unspecified atom stereocenters. The second kappa shape index (κ2) is 6.35. The van der Waals surface area contributed by atoms with E-state index in [0.29, 0.717) is 18.3 Å². The summed E-state index contributed by atoms with van der Waals surface area (Å²) in [6, 6.07) is 0.652. The Morgan fingerprint density at radius 3 is 2.71 bits per heavy atom. The molecule has 1 aromatic rings. The maximum atomic E-state index is 12.4. The topological polar surface area (TPSA) is 78.9 Å². The molecule has 3 aliphatic rings. The van der Waals surface area contributed by atoms with Gasteiger partial charge in [-0.15, -0.1) is 0 Å². The lowest BCUT2D eigenvalue weighted by molar-refractivity contribution is 0.0447. The van der Waals surface area contributed by atoms with Crippen molar-refractivity contribution in [1.82, 2.24) is 24.7 Å². The van der Waals surface area contributed by atoms with E-state index in [1.54, 1.807) is 12.4 Å². The summed E-state index contributed by atoms with van der Waals surface area (Å²) in [6.45, 7) is 4.46. The van der Waals surface area contributed by atoms with Gasteiger partial charge in [-0.1, -0.05) is 0 Å². The second-order valence-corrected chi connectivity index (χ2v) is 6.53. The minimum Gasteiger partial charge on any atom is -0.447 e. The van der Waals surface area contributed by atoms with Gasteiger partial charge in [-0.3, -0.25) is 19.6 Å². The van der Waals surface area contributed by atoms with Crippen LogP contribution in [0.5, 0.6) is 0 Å². The summed E-state index contributed by atoms with van der Waals surface area (Å²) in [7, 11) is 0. The van der Waals surface area contributed by atoms with Crippen LogP contribution in [0.3, 0.4) is 0 Å². The molecule has 8 nitrogen and oxygen atoms in total. The number of piperidine rings is 1. The molecule has 1 aromatic heterocycles. The van der Waals surface area contributed by atoms with Gasteiger partial charge >= 0.3 is 6.09 Å². The number of fused-ring (bicyclic) bond motifs is 1. The molecule has 4 rings (SSSR count). The summed E-state index contributed by atoms with van der Waals surface area (Å²) in [5.74, 6) is -0.0406. The van der Waals surface area contributed by atoms with E-state index in [1.807, 2.05) is 9.80 Å². The van der Waals surface area contributed by atoms with Crippen LogP contribution in [-0.4, -0.2) is 88.1 Å². The molecule has 0 saturated carbocycles. The highest BCUT2D eigenvalue weighted by Gasteiger charge is 2.39. The average Bonchev–Trinajstić information content (AvgIpc) is 3.02. The van der Waals surface area contributed by atoms with Crippen molar-refractivity contribution in [2.45, 2.75) is 24.9 Å². The predicted molar refractivity (Wildman–Crippen MR) is 84.4 cm³/mol. The number of carbonyl (C=O) groups excluding carboxylic acids is 2. The highest BCUT2D eigenvalue weighted by molar-refractivity contribution is 5.92. The lowest BCUT2D eigenvalue weighted by atomic mass is 10.0. The third-order valence-corrected chi connectivity index (χ3v) is 5.20. The zero-order valence-corrected chi connectivity index (χ0v) is 13.5. The van der Waals surface area contributed by atoms with Crippen LogP contribution in [-0.2, 0) is 4.74 Å². The molecule has 8 heteroatoms. The summed E-state index contributed by atoms with van der Waals surface area (Å²) < 4.78 is 5.13. The number of rotatable bonds is 2. The number of piperazine rings is 1. The van der Waals surface area contributed by atoms with Crippen molar-refractivity contribution in [1.29, 1.82) is 0 Å². The normalized spacial score (nSPS) is 25.5. The van der Waals surface area contributed by atoms with Crippen molar-refractivity contribution in [3.8, 4) is 0 Å². The second-order valence-electron chi connectivity index (χ2n) is 6.53. The lowest BCUT2D eigenvalue weighted by Crippen LogP contribution is -2.57. The number of likely N-dealkylation sites (tertiary alicyclic amines) is 1. The van der Waals surface area contributed by atoms with E-state index in [9.17, 15) is 9.59 Å². The number of ether oxygens (including phenoxy) is 1. The number of aromatic nitrogens is 2. The standard InChI is InChI=1S/C16H21N5O3/c22-15(14-9-17-3-4-18-14)19-5-1-12(2-6-19)20-7-8-21-13(10-20)11-24-16(21)23/h3-4,9,12-13H,1-2,5-8,10-11H2/t13-/m0/s1. The van der Waals surface area contributed by atoms with E-state index in [-0.39, 0.29) is 18.0 Å². The third kappa shape index (κ3) is 2.82. The van der Waals surface area contributed by atoms with Crippen LogP contribution in [0.1, 0.15) is 23.3 Å². The van der Waals surface area contributed by atoms with Gasteiger partial charge in [-0.05, 0) is 12.8 Å². The highest BCUT2D eigenvalue weighted by atomic mass is 16.6. The van der Waals surface area contributed by atoms with Crippen LogP contribution in [0.4, 0.5) is 4.79 Å². The molecule has 2 amide bonds. The molecule has 0 bridgehead atoms. The third-order valence-electron chi connectivity index (χ3n) is 5.20. The summed E-state index contributed by atoms with van der Waals surface area (Å²) in [5.41, 5.74) is 0.409. The monoisotopic (exact) mass is 331 g/mol. The Hall–Kier alpha value is -2.22. The molecule has 3 aliphatic heterocycles. The number of hydrogen-bond donors (Lipinski definition) is 0. The summed E-state index contributed by atoms with van der Waals surface area (Å²) >= 11 is 0. The Bertz CT molecular complexity index is 617. The predicted octanol–water partition coefficient (Wildman–Crippen LogP) is 0.218. The van der Waals surface area contributed by atoms with Gasteiger partial charge in [0.05, 0.1) is 12.2 Å². The molecule has 0 aromatic carbocycles.